The number of hydrogen-bond donors (Lipinski definition) is 0. The van der Waals surface area contributed by atoms with Gasteiger partial charge in [-0.05, 0) is 62.9 Å². The number of fused-ring (bicyclic) bond motifs is 1. The van der Waals surface area contributed by atoms with Crippen LogP contribution in [0.3, 0.4) is 0 Å². The fraction of sp³-hybridized carbons (Fsp3) is 0.435. The van der Waals surface area contributed by atoms with Gasteiger partial charge in [0.2, 0.25) is 10.0 Å². The molecule has 30 heavy (non-hydrogen) atoms. The average Bonchev–Trinajstić information content (AvgIpc) is 2.95. The van der Waals surface area contributed by atoms with Gasteiger partial charge >= 0.3 is 0 Å². The van der Waals surface area contributed by atoms with Gasteiger partial charge in [-0.1, -0.05) is 24.3 Å². The summed E-state index contributed by atoms with van der Waals surface area (Å²) < 4.78 is 33.6. The predicted octanol–water partition coefficient (Wildman–Crippen LogP) is 3.47. The van der Waals surface area contributed by atoms with Gasteiger partial charge in [-0.2, -0.15) is 4.31 Å². The topological polar surface area (TPSA) is 66.9 Å². The first-order valence-corrected chi connectivity index (χ1v) is 12.0. The number of ether oxygens (including phenoxy) is 1. The summed E-state index contributed by atoms with van der Waals surface area (Å²) in [6.07, 6.45) is 2.57. The largest absolute Gasteiger partial charge is 0.373 e. The van der Waals surface area contributed by atoms with Crippen LogP contribution in [0, 0.1) is 0 Å². The number of carbonyl (C=O) groups excluding carboxylic acids is 1. The lowest BCUT2D eigenvalue weighted by Crippen LogP contribution is -2.48. The number of anilines is 1. The summed E-state index contributed by atoms with van der Waals surface area (Å²) in [5, 5.41) is 0. The summed E-state index contributed by atoms with van der Waals surface area (Å²) in [6, 6.07) is 14.4. The van der Waals surface area contributed by atoms with E-state index in [4.69, 9.17) is 4.74 Å². The fourth-order valence-electron chi connectivity index (χ4n) is 4.32. The van der Waals surface area contributed by atoms with E-state index in [9.17, 15) is 13.2 Å². The van der Waals surface area contributed by atoms with Crippen molar-refractivity contribution >= 4 is 21.6 Å². The average molecular weight is 429 g/mol. The van der Waals surface area contributed by atoms with Gasteiger partial charge in [0.15, 0.2) is 0 Å². The Morgan fingerprint density at radius 3 is 2.50 bits per heavy atom. The highest BCUT2D eigenvalue weighted by Gasteiger charge is 2.33. The van der Waals surface area contributed by atoms with Crippen LogP contribution in [-0.4, -0.2) is 50.5 Å². The van der Waals surface area contributed by atoms with Crippen molar-refractivity contribution in [2.45, 2.75) is 50.2 Å². The van der Waals surface area contributed by atoms with Gasteiger partial charge in [0.25, 0.3) is 5.91 Å². The number of rotatable bonds is 3. The summed E-state index contributed by atoms with van der Waals surface area (Å²) in [6.45, 7) is 4.99. The van der Waals surface area contributed by atoms with E-state index in [0.717, 1.165) is 30.5 Å². The molecule has 4 rings (SSSR count). The number of benzene rings is 2. The lowest BCUT2D eigenvalue weighted by atomic mass is 10.1. The Bertz CT molecular complexity index is 1030. The van der Waals surface area contributed by atoms with Crippen molar-refractivity contribution < 1.29 is 17.9 Å². The monoisotopic (exact) mass is 428 g/mol. The fourth-order valence-corrected chi connectivity index (χ4v) is 5.96. The third-order valence-electron chi connectivity index (χ3n) is 5.71. The Morgan fingerprint density at radius 1 is 1.00 bits per heavy atom. The van der Waals surface area contributed by atoms with Gasteiger partial charge in [0.05, 0.1) is 17.1 Å². The Labute approximate surface area is 178 Å². The van der Waals surface area contributed by atoms with Crippen molar-refractivity contribution in [3.05, 3.63) is 59.7 Å². The van der Waals surface area contributed by atoms with Crippen molar-refractivity contribution in [2.75, 3.05) is 24.5 Å². The van der Waals surface area contributed by atoms with Crippen LogP contribution in [0.2, 0.25) is 0 Å². The van der Waals surface area contributed by atoms with Crippen molar-refractivity contribution in [1.29, 1.82) is 0 Å². The molecular weight excluding hydrogens is 400 g/mol. The highest BCUT2D eigenvalue weighted by molar-refractivity contribution is 7.89. The molecule has 0 N–H and O–H groups in total. The molecule has 160 valence electrons. The number of amides is 1. The molecule has 0 aromatic heterocycles. The second kappa shape index (κ2) is 8.49. The summed E-state index contributed by atoms with van der Waals surface area (Å²) >= 11 is 0. The van der Waals surface area contributed by atoms with Gasteiger partial charge in [0, 0.05) is 30.9 Å². The minimum atomic E-state index is -3.70. The first kappa shape index (κ1) is 21.0. The number of aryl methyl sites for hydroxylation is 1. The molecule has 0 saturated carbocycles. The Kier molecular flexibility index (Phi) is 5.95. The maximum absolute atomic E-state index is 13.4. The Morgan fingerprint density at radius 2 is 1.73 bits per heavy atom. The van der Waals surface area contributed by atoms with Gasteiger partial charge in [-0.3, -0.25) is 4.79 Å². The molecular formula is C23H28N2O4S. The van der Waals surface area contributed by atoms with Crippen molar-refractivity contribution in [3.8, 4) is 0 Å². The second-order valence-electron chi connectivity index (χ2n) is 8.15. The Hall–Kier alpha value is -2.22. The minimum absolute atomic E-state index is 0.151. The quantitative estimate of drug-likeness (QED) is 0.751. The maximum Gasteiger partial charge on any atom is 0.258 e. The lowest BCUT2D eigenvalue weighted by Gasteiger charge is -2.34. The van der Waals surface area contributed by atoms with E-state index in [2.05, 4.69) is 6.07 Å². The molecule has 1 saturated heterocycles. The number of sulfonamides is 1. The molecule has 6 nitrogen and oxygen atoms in total. The minimum Gasteiger partial charge on any atom is -0.373 e. The van der Waals surface area contributed by atoms with Crippen LogP contribution in [0.25, 0.3) is 0 Å². The van der Waals surface area contributed by atoms with Crippen LogP contribution in [0.15, 0.2) is 53.4 Å². The van der Waals surface area contributed by atoms with Crippen molar-refractivity contribution in [3.63, 3.8) is 0 Å². The zero-order valence-electron chi connectivity index (χ0n) is 17.5. The smallest absolute Gasteiger partial charge is 0.258 e. The Balaban J connectivity index is 1.64. The van der Waals surface area contributed by atoms with Crippen LogP contribution in [0.4, 0.5) is 5.69 Å². The molecule has 2 aliphatic heterocycles. The zero-order chi connectivity index (χ0) is 21.3. The number of nitrogens with zero attached hydrogens (tertiary/aromatic N) is 2. The first-order valence-electron chi connectivity index (χ1n) is 10.5. The standard InChI is InChI=1S/C23H28N2O4S/c1-17-15-24(16-18(2)29-17)30(27,28)21-11-7-10-20(14-21)23(26)25-13-6-5-9-19-8-3-4-12-22(19)25/h3-4,7-8,10-12,14,17-18H,5-6,9,13,15-16H2,1-2H3/t17-,18+. The molecule has 0 radical (unpaired) electrons. The summed E-state index contributed by atoms with van der Waals surface area (Å²) in [5.74, 6) is -0.162. The van der Waals surface area contributed by atoms with Gasteiger partial charge in [-0.15, -0.1) is 0 Å². The predicted molar refractivity (Wildman–Crippen MR) is 116 cm³/mol. The number of para-hydroxylation sites is 1. The van der Waals surface area contributed by atoms with E-state index < -0.39 is 10.0 Å². The first-order chi connectivity index (χ1) is 14.4. The molecule has 2 atom stereocenters. The summed E-state index contributed by atoms with van der Waals surface area (Å²) in [7, 11) is -3.70. The summed E-state index contributed by atoms with van der Waals surface area (Å²) in [4.78, 5) is 15.3. The van der Waals surface area contributed by atoms with Crippen molar-refractivity contribution in [1.82, 2.24) is 4.31 Å². The highest BCUT2D eigenvalue weighted by Crippen LogP contribution is 2.28. The highest BCUT2D eigenvalue weighted by atomic mass is 32.2. The van der Waals surface area contributed by atoms with E-state index in [1.165, 1.54) is 10.4 Å². The molecule has 2 aromatic carbocycles. The summed E-state index contributed by atoms with van der Waals surface area (Å²) in [5.41, 5.74) is 2.47. The van der Waals surface area contributed by atoms with E-state index >= 15 is 0 Å². The zero-order valence-corrected chi connectivity index (χ0v) is 18.3. The van der Waals surface area contributed by atoms with Gasteiger partial charge < -0.3 is 9.64 Å². The lowest BCUT2D eigenvalue weighted by molar-refractivity contribution is -0.0440. The van der Waals surface area contributed by atoms with E-state index in [1.807, 2.05) is 32.0 Å². The van der Waals surface area contributed by atoms with Crippen LogP contribution < -0.4 is 4.90 Å². The number of hydrogen-bond acceptors (Lipinski definition) is 4. The maximum atomic E-state index is 13.4. The molecule has 0 aliphatic carbocycles. The number of carbonyl (C=O) groups is 1. The van der Waals surface area contributed by atoms with Crippen molar-refractivity contribution in [2.24, 2.45) is 0 Å². The molecule has 2 heterocycles. The van der Waals surface area contributed by atoms with E-state index in [1.54, 1.807) is 23.1 Å². The van der Waals surface area contributed by atoms with E-state index in [-0.39, 0.29) is 23.0 Å². The van der Waals surface area contributed by atoms with E-state index in [0.29, 0.717) is 25.2 Å². The third kappa shape index (κ3) is 4.15. The van der Waals surface area contributed by atoms with Crippen LogP contribution in [-0.2, 0) is 21.2 Å². The molecule has 0 spiro atoms. The molecule has 2 aliphatic rings. The van der Waals surface area contributed by atoms with Crippen LogP contribution >= 0.6 is 0 Å². The number of morpholine rings is 1. The third-order valence-corrected chi connectivity index (χ3v) is 7.54. The molecule has 2 aromatic rings. The molecule has 1 fully saturated rings. The SMILES string of the molecule is C[C@@H]1CN(S(=O)(=O)c2cccc(C(=O)N3CCCCc4ccccc43)c2)C[C@H](C)O1. The van der Waals surface area contributed by atoms with Gasteiger partial charge in [0.1, 0.15) is 0 Å². The van der Waals surface area contributed by atoms with Crippen LogP contribution in [0.5, 0.6) is 0 Å². The normalized spacial score (nSPS) is 22.9. The molecule has 0 unspecified atom stereocenters. The molecule has 1 amide bonds. The van der Waals surface area contributed by atoms with Gasteiger partial charge in [-0.25, -0.2) is 8.42 Å². The second-order valence-corrected chi connectivity index (χ2v) is 10.1. The molecule has 0 bridgehead atoms. The molecule has 7 heteroatoms. The van der Waals surface area contributed by atoms with Crippen LogP contribution in [0.1, 0.15) is 42.6 Å².